The van der Waals surface area contributed by atoms with E-state index in [-0.39, 0.29) is 18.2 Å². The standard InChI is InChI=1S/C17H23N5O2/c23-17(18-8-4-10-22-11-9-19-21-22)20-15-7-12-24-16(13-15)14-5-2-1-3-6-14/h1-3,5-6,9,11,15-16H,4,7-8,10,12-13H2,(H2,18,20,23)/t15-,16-/m0/s1. The van der Waals surface area contributed by atoms with E-state index in [1.54, 1.807) is 10.9 Å². The summed E-state index contributed by atoms with van der Waals surface area (Å²) in [6.07, 6.45) is 5.97. The third-order valence-corrected chi connectivity index (χ3v) is 4.11. The molecule has 1 aliphatic heterocycles. The Hall–Kier alpha value is -2.41. The molecule has 0 radical (unpaired) electrons. The zero-order valence-electron chi connectivity index (χ0n) is 13.6. The van der Waals surface area contributed by atoms with Gasteiger partial charge in [-0.2, -0.15) is 0 Å². The fraction of sp³-hybridized carbons (Fsp3) is 0.471. The second-order valence-corrected chi connectivity index (χ2v) is 5.91. The van der Waals surface area contributed by atoms with E-state index in [1.807, 2.05) is 24.4 Å². The second-order valence-electron chi connectivity index (χ2n) is 5.91. The molecule has 0 spiro atoms. The number of rotatable bonds is 6. The van der Waals surface area contributed by atoms with Crippen molar-refractivity contribution in [1.82, 2.24) is 25.6 Å². The number of nitrogens with zero attached hydrogens (tertiary/aromatic N) is 3. The number of carbonyl (C=O) groups excluding carboxylic acids is 1. The van der Waals surface area contributed by atoms with Crippen molar-refractivity contribution in [3.8, 4) is 0 Å². The molecule has 0 unspecified atom stereocenters. The van der Waals surface area contributed by atoms with Crippen LogP contribution in [0.4, 0.5) is 4.79 Å². The first kappa shape index (κ1) is 16.4. The predicted molar refractivity (Wildman–Crippen MR) is 89.3 cm³/mol. The van der Waals surface area contributed by atoms with Crippen molar-refractivity contribution < 1.29 is 9.53 Å². The lowest BCUT2D eigenvalue weighted by Gasteiger charge is -2.30. The fourth-order valence-corrected chi connectivity index (χ4v) is 2.86. The van der Waals surface area contributed by atoms with E-state index >= 15 is 0 Å². The van der Waals surface area contributed by atoms with Gasteiger partial charge in [-0.05, 0) is 24.8 Å². The van der Waals surface area contributed by atoms with Crippen LogP contribution in [0.25, 0.3) is 0 Å². The highest BCUT2D eigenvalue weighted by atomic mass is 16.5. The molecule has 3 rings (SSSR count). The summed E-state index contributed by atoms with van der Waals surface area (Å²) in [5, 5.41) is 13.6. The Morgan fingerprint density at radius 1 is 1.33 bits per heavy atom. The summed E-state index contributed by atoms with van der Waals surface area (Å²) in [7, 11) is 0. The van der Waals surface area contributed by atoms with Crippen molar-refractivity contribution in [2.45, 2.75) is 38.0 Å². The molecule has 1 saturated heterocycles. The van der Waals surface area contributed by atoms with Gasteiger partial charge in [0.1, 0.15) is 0 Å². The van der Waals surface area contributed by atoms with Gasteiger partial charge in [0.25, 0.3) is 0 Å². The monoisotopic (exact) mass is 329 g/mol. The van der Waals surface area contributed by atoms with Crippen LogP contribution < -0.4 is 10.6 Å². The number of hydrogen-bond donors (Lipinski definition) is 2. The van der Waals surface area contributed by atoms with Crippen LogP contribution in [0, 0.1) is 0 Å². The number of nitrogens with one attached hydrogen (secondary N) is 2. The first-order chi connectivity index (χ1) is 11.8. The molecule has 1 aromatic carbocycles. The van der Waals surface area contributed by atoms with Gasteiger partial charge < -0.3 is 15.4 Å². The maximum Gasteiger partial charge on any atom is 0.315 e. The number of benzene rings is 1. The molecule has 2 aromatic rings. The maximum absolute atomic E-state index is 12.0. The first-order valence-corrected chi connectivity index (χ1v) is 8.36. The van der Waals surface area contributed by atoms with Gasteiger partial charge in [-0.3, -0.25) is 4.68 Å². The van der Waals surface area contributed by atoms with Gasteiger partial charge >= 0.3 is 6.03 Å². The molecule has 0 bridgehead atoms. The smallest absolute Gasteiger partial charge is 0.315 e. The van der Waals surface area contributed by atoms with Crippen molar-refractivity contribution in [3.63, 3.8) is 0 Å². The number of urea groups is 1. The van der Waals surface area contributed by atoms with Gasteiger partial charge in [-0.1, -0.05) is 35.5 Å². The topological polar surface area (TPSA) is 81.1 Å². The van der Waals surface area contributed by atoms with Crippen LogP contribution in [-0.4, -0.2) is 40.2 Å². The number of ether oxygens (including phenoxy) is 1. The molecule has 0 saturated carbocycles. The minimum absolute atomic E-state index is 0.0533. The summed E-state index contributed by atoms with van der Waals surface area (Å²) < 4.78 is 7.58. The number of hydrogen-bond acceptors (Lipinski definition) is 4. The second kappa shape index (κ2) is 8.44. The first-order valence-electron chi connectivity index (χ1n) is 8.36. The molecule has 7 heteroatoms. The molecule has 1 aromatic heterocycles. The maximum atomic E-state index is 12.0. The molecule has 24 heavy (non-hydrogen) atoms. The molecule has 7 nitrogen and oxygen atoms in total. The van der Waals surface area contributed by atoms with Gasteiger partial charge in [0.2, 0.25) is 0 Å². The zero-order chi connectivity index (χ0) is 16.6. The molecule has 0 aliphatic carbocycles. The van der Waals surface area contributed by atoms with Gasteiger partial charge in [0.15, 0.2) is 0 Å². The Morgan fingerprint density at radius 2 is 2.21 bits per heavy atom. The van der Waals surface area contributed by atoms with E-state index in [1.165, 1.54) is 0 Å². The molecule has 2 atom stereocenters. The summed E-state index contributed by atoms with van der Waals surface area (Å²) in [6, 6.07) is 10.2. The number of aromatic nitrogens is 3. The van der Waals surface area contributed by atoms with E-state index < -0.39 is 0 Å². The summed E-state index contributed by atoms with van der Waals surface area (Å²) in [5.74, 6) is 0. The zero-order valence-corrected chi connectivity index (χ0v) is 13.6. The van der Waals surface area contributed by atoms with Crippen LogP contribution in [-0.2, 0) is 11.3 Å². The molecule has 2 heterocycles. The lowest BCUT2D eigenvalue weighted by Crippen LogP contribution is -2.45. The quantitative estimate of drug-likeness (QED) is 0.793. The summed E-state index contributed by atoms with van der Waals surface area (Å²) in [4.78, 5) is 12.0. The SMILES string of the molecule is O=C(NCCCn1ccnn1)N[C@H]1CCO[C@H](c2ccccc2)C1. The van der Waals surface area contributed by atoms with Gasteiger partial charge in [-0.25, -0.2) is 4.79 Å². The minimum Gasteiger partial charge on any atom is -0.373 e. The van der Waals surface area contributed by atoms with Crippen LogP contribution in [0.3, 0.4) is 0 Å². The Bertz CT molecular complexity index is 617. The molecular formula is C17H23N5O2. The average molecular weight is 329 g/mol. The molecule has 2 N–H and O–H groups in total. The van der Waals surface area contributed by atoms with Crippen molar-refractivity contribution in [1.29, 1.82) is 0 Å². The molecular weight excluding hydrogens is 306 g/mol. The Labute approximate surface area is 141 Å². The third-order valence-electron chi connectivity index (χ3n) is 4.11. The minimum atomic E-state index is -0.118. The predicted octanol–water partition coefficient (Wildman–Crippen LogP) is 1.89. The molecule has 128 valence electrons. The summed E-state index contributed by atoms with van der Waals surface area (Å²) >= 11 is 0. The van der Waals surface area contributed by atoms with Crippen molar-refractivity contribution in [3.05, 3.63) is 48.3 Å². The van der Waals surface area contributed by atoms with Crippen molar-refractivity contribution in [2.75, 3.05) is 13.2 Å². The van der Waals surface area contributed by atoms with Gasteiger partial charge in [-0.15, -0.1) is 5.10 Å². The third kappa shape index (κ3) is 4.79. The normalized spacial score (nSPS) is 20.5. The highest BCUT2D eigenvalue weighted by molar-refractivity contribution is 5.74. The molecule has 1 fully saturated rings. The van der Waals surface area contributed by atoms with Crippen LogP contribution in [0.15, 0.2) is 42.7 Å². The Kier molecular flexibility index (Phi) is 5.79. The van der Waals surface area contributed by atoms with Crippen molar-refractivity contribution >= 4 is 6.03 Å². The highest BCUT2D eigenvalue weighted by Gasteiger charge is 2.24. The summed E-state index contributed by atoms with van der Waals surface area (Å²) in [6.45, 7) is 2.02. The summed E-state index contributed by atoms with van der Waals surface area (Å²) in [5.41, 5.74) is 1.16. The Balaban J connectivity index is 1.38. The average Bonchev–Trinajstić information content (AvgIpc) is 3.13. The lowest BCUT2D eigenvalue weighted by atomic mass is 9.97. The molecule has 2 amide bonds. The van der Waals surface area contributed by atoms with E-state index in [0.29, 0.717) is 13.2 Å². The largest absolute Gasteiger partial charge is 0.373 e. The number of amides is 2. The van der Waals surface area contributed by atoms with Crippen LogP contribution in [0.1, 0.15) is 30.9 Å². The van der Waals surface area contributed by atoms with E-state index in [9.17, 15) is 4.79 Å². The number of aryl methyl sites for hydroxylation is 1. The van der Waals surface area contributed by atoms with Crippen LogP contribution >= 0.6 is 0 Å². The molecule has 1 aliphatic rings. The van der Waals surface area contributed by atoms with E-state index in [0.717, 1.165) is 31.4 Å². The lowest BCUT2D eigenvalue weighted by molar-refractivity contribution is 0.00226. The number of carbonyl (C=O) groups is 1. The van der Waals surface area contributed by atoms with E-state index in [2.05, 4.69) is 33.1 Å². The van der Waals surface area contributed by atoms with Gasteiger partial charge in [0, 0.05) is 31.9 Å². The van der Waals surface area contributed by atoms with Gasteiger partial charge in [0.05, 0.1) is 12.3 Å². The van der Waals surface area contributed by atoms with E-state index in [4.69, 9.17) is 4.74 Å². The fourth-order valence-electron chi connectivity index (χ4n) is 2.86. The highest BCUT2D eigenvalue weighted by Crippen LogP contribution is 2.27. The Morgan fingerprint density at radius 3 is 3.00 bits per heavy atom. The van der Waals surface area contributed by atoms with Crippen molar-refractivity contribution in [2.24, 2.45) is 0 Å². The van der Waals surface area contributed by atoms with Crippen LogP contribution in [0.2, 0.25) is 0 Å². The van der Waals surface area contributed by atoms with Crippen LogP contribution in [0.5, 0.6) is 0 Å².